The van der Waals surface area contributed by atoms with Crippen LogP contribution in [-0.2, 0) is 0 Å². The minimum atomic E-state index is -0.295. The van der Waals surface area contributed by atoms with Gasteiger partial charge in [0.2, 0.25) is 5.95 Å². The molecule has 2 N–H and O–H groups in total. The van der Waals surface area contributed by atoms with Gasteiger partial charge in [-0.1, -0.05) is 58.4 Å². The smallest absolute Gasteiger partial charge is 0.223 e. The Balaban J connectivity index is 1.91. The molecule has 3 aromatic carbocycles. The highest BCUT2D eigenvalue weighted by molar-refractivity contribution is 9.10. The molecule has 0 saturated heterocycles. The zero-order valence-electron chi connectivity index (χ0n) is 13.8. The number of hydrogen-bond acceptors (Lipinski definition) is 4. The molecule has 0 radical (unpaired) electrons. The Labute approximate surface area is 159 Å². The molecule has 26 heavy (non-hydrogen) atoms. The van der Waals surface area contributed by atoms with Crippen LogP contribution in [-0.4, -0.2) is 15.1 Å². The Morgan fingerprint density at radius 1 is 0.846 bits per heavy atom. The molecule has 1 aromatic heterocycles. The second-order valence-electron chi connectivity index (χ2n) is 5.92. The van der Waals surface area contributed by atoms with Crippen molar-refractivity contribution in [3.05, 3.63) is 94.7 Å². The van der Waals surface area contributed by atoms with Crippen LogP contribution in [0.1, 0.15) is 17.2 Å². The number of benzene rings is 3. The molecule has 0 saturated carbocycles. The molecule has 1 heterocycles. The van der Waals surface area contributed by atoms with Crippen molar-refractivity contribution in [3.63, 3.8) is 0 Å². The van der Waals surface area contributed by atoms with Crippen molar-refractivity contribution >= 4 is 32.7 Å². The summed E-state index contributed by atoms with van der Waals surface area (Å²) in [4.78, 5) is 8.57. The van der Waals surface area contributed by atoms with E-state index in [2.05, 4.69) is 31.2 Å². The van der Waals surface area contributed by atoms with Crippen LogP contribution >= 0.6 is 15.9 Å². The Morgan fingerprint density at radius 2 is 1.58 bits per heavy atom. The fraction of sp³-hybridized carbons (Fsp3) is 0.0476. The fourth-order valence-electron chi connectivity index (χ4n) is 3.07. The molecule has 4 aromatic rings. The van der Waals surface area contributed by atoms with Gasteiger partial charge in [0.25, 0.3) is 0 Å². The van der Waals surface area contributed by atoms with Gasteiger partial charge in [0, 0.05) is 22.4 Å². The van der Waals surface area contributed by atoms with Gasteiger partial charge in [0.1, 0.15) is 5.75 Å². The number of anilines is 1. The van der Waals surface area contributed by atoms with Gasteiger partial charge in [-0.15, -0.1) is 0 Å². The molecule has 0 aliphatic rings. The van der Waals surface area contributed by atoms with Crippen LogP contribution in [0, 0.1) is 0 Å². The average Bonchev–Trinajstić information content (AvgIpc) is 2.68. The second kappa shape index (κ2) is 7.14. The summed E-state index contributed by atoms with van der Waals surface area (Å²) in [6.07, 6.45) is 3.38. The van der Waals surface area contributed by atoms with Gasteiger partial charge in [-0.25, -0.2) is 9.97 Å². The topological polar surface area (TPSA) is 58.0 Å². The molecule has 4 rings (SSSR count). The van der Waals surface area contributed by atoms with Crippen molar-refractivity contribution in [2.45, 2.75) is 6.04 Å². The first kappa shape index (κ1) is 16.5. The summed E-state index contributed by atoms with van der Waals surface area (Å²) in [6, 6.07) is 21.2. The van der Waals surface area contributed by atoms with Crippen LogP contribution in [0.3, 0.4) is 0 Å². The number of halogens is 1. The van der Waals surface area contributed by atoms with Gasteiger partial charge in [-0.3, -0.25) is 0 Å². The molecular formula is C21H16BrN3O. The molecule has 0 fully saturated rings. The Hall–Kier alpha value is -2.92. The molecule has 0 spiro atoms. The van der Waals surface area contributed by atoms with Gasteiger partial charge in [0.15, 0.2) is 0 Å². The Kier molecular flexibility index (Phi) is 4.54. The third-order valence-corrected chi connectivity index (χ3v) is 4.81. The maximum Gasteiger partial charge on any atom is 0.223 e. The lowest BCUT2D eigenvalue weighted by Gasteiger charge is -2.22. The van der Waals surface area contributed by atoms with E-state index in [0.717, 1.165) is 26.4 Å². The van der Waals surface area contributed by atoms with E-state index in [1.165, 1.54) is 0 Å². The van der Waals surface area contributed by atoms with E-state index in [9.17, 15) is 5.11 Å². The van der Waals surface area contributed by atoms with E-state index >= 15 is 0 Å². The number of nitrogens with one attached hydrogen (secondary N) is 1. The lowest BCUT2D eigenvalue weighted by atomic mass is 9.93. The van der Waals surface area contributed by atoms with Crippen molar-refractivity contribution in [1.82, 2.24) is 9.97 Å². The SMILES string of the molecule is Oc1ccc2ccccc2c1C(Nc1ncccn1)c1ccc(Br)cc1. The van der Waals surface area contributed by atoms with Gasteiger partial charge < -0.3 is 10.4 Å². The highest BCUT2D eigenvalue weighted by Gasteiger charge is 2.21. The normalized spacial score (nSPS) is 12.0. The number of aromatic nitrogens is 2. The van der Waals surface area contributed by atoms with Crippen LogP contribution in [0.25, 0.3) is 10.8 Å². The zero-order valence-corrected chi connectivity index (χ0v) is 15.4. The predicted molar refractivity (Wildman–Crippen MR) is 107 cm³/mol. The van der Waals surface area contributed by atoms with Crippen molar-refractivity contribution in [3.8, 4) is 5.75 Å². The second-order valence-corrected chi connectivity index (χ2v) is 6.84. The summed E-state index contributed by atoms with van der Waals surface area (Å²) in [6.45, 7) is 0. The summed E-state index contributed by atoms with van der Waals surface area (Å²) < 4.78 is 0.998. The van der Waals surface area contributed by atoms with Gasteiger partial charge >= 0.3 is 0 Å². The molecule has 5 heteroatoms. The van der Waals surface area contributed by atoms with Crippen LogP contribution in [0.5, 0.6) is 5.75 Å². The molecule has 1 unspecified atom stereocenters. The number of nitrogens with zero attached hydrogens (tertiary/aromatic N) is 2. The monoisotopic (exact) mass is 405 g/mol. The van der Waals surface area contributed by atoms with E-state index in [0.29, 0.717) is 5.95 Å². The van der Waals surface area contributed by atoms with Crippen LogP contribution in [0.4, 0.5) is 5.95 Å². The number of rotatable bonds is 4. The number of phenols is 1. The van der Waals surface area contributed by atoms with E-state index in [1.54, 1.807) is 24.5 Å². The van der Waals surface area contributed by atoms with E-state index in [1.807, 2.05) is 54.6 Å². The summed E-state index contributed by atoms with van der Waals surface area (Å²) in [5, 5.41) is 16.1. The van der Waals surface area contributed by atoms with Crippen LogP contribution in [0.2, 0.25) is 0 Å². The molecule has 0 aliphatic carbocycles. The number of aromatic hydroxyl groups is 1. The van der Waals surface area contributed by atoms with Crippen molar-refractivity contribution in [1.29, 1.82) is 0 Å². The lowest BCUT2D eigenvalue weighted by Crippen LogP contribution is -2.15. The molecule has 0 bridgehead atoms. The molecule has 4 nitrogen and oxygen atoms in total. The predicted octanol–water partition coefficient (Wildman–Crippen LogP) is 5.30. The first-order chi connectivity index (χ1) is 12.7. The first-order valence-electron chi connectivity index (χ1n) is 8.22. The van der Waals surface area contributed by atoms with Gasteiger partial charge in [-0.2, -0.15) is 0 Å². The van der Waals surface area contributed by atoms with E-state index in [4.69, 9.17) is 0 Å². The number of fused-ring (bicyclic) bond motifs is 1. The van der Waals surface area contributed by atoms with E-state index < -0.39 is 0 Å². The number of phenolic OH excluding ortho intramolecular Hbond substituents is 1. The summed E-state index contributed by atoms with van der Waals surface area (Å²) in [5.74, 6) is 0.743. The molecule has 0 amide bonds. The van der Waals surface area contributed by atoms with E-state index in [-0.39, 0.29) is 11.8 Å². The third kappa shape index (κ3) is 3.26. The molecular weight excluding hydrogens is 390 g/mol. The highest BCUT2D eigenvalue weighted by atomic mass is 79.9. The van der Waals surface area contributed by atoms with Crippen LogP contribution in [0.15, 0.2) is 83.6 Å². The molecule has 128 valence electrons. The standard InChI is InChI=1S/C21H16BrN3O/c22-16-9-6-15(7-10-16)20(25-21-23-12-3-13-24-21)19-17-5-2-1-4-14(17)8-11-18(19)26/h1-13,20,26H,(H,23,24,25). The third-order valence-electron chi connectivity index (χ3n) is 4.28. The van der Waals surface area contributed by atoms with Crippen molar-refractivity contribution < 1.29 is 5.11 Å². The average molecular weight is 406 g/mol. The zero-order chi connectivity index (χ0) is 17.9. The minimum Gasteiger partial charge on any atom is -0.508 e. The minimum absolute atomic E-state index is 0.236. The largest absolute Gasteiger partial charge is 0.508 e. The molecule has 1 atom stereocenters. The molecule has 0 aliphatic heterocycles. The van der Waals surface area contributed by atoms with Gasteiger partial charge in [-0.05, 0) is 40.6 Å². The maximum atomic E-state index is 10.7. The highest BCUT2D eigenvalue weighted by Crippen LogP contribution is 2.37. The van der Waals surface area contributed by atoms with Gasteiger partial charge in [0.05, 0.1) is 6.04 Å². The number of hydrogen-bond donors (Lipinski definition) is 2. The summed E-state index contributed by atoms with van der Waals surface area (Å²) in [5.41, 5.74) is 1.81. The maximum absolute atomic E-state index is 10.7. The Morgan fingerprint density at radius 3 is 2.35 bits per heavy atom. The Bertz CT molecular complexity index is 1040. The lowest BCUT2D eigenvalue weighted by molar-refractivity contribution is 0.468. The summed E-state index contributed by atoms with van der Waals surface area (Å²) >= 11 is 3.48. The summed E-state index contributed by atoms with van der Waals surface area (Å²) in [7, 11) is 0. The van der Waals surface area contributed by atoms with Crippen molar-refractivity contribution in [2.24, 2.45) is 0 Å². The quantitative estimate of drug-likeness (QED) is 0.483. The van der Waals surface area contributed by atoms with Crippen LogP contribution < -0.4 is 5.32 Å². The van der Waals surface area contributed by atoms with Crippen molar-refractivity contribution in [2.75, 3.05) is 5.32 Å². The fourth-order valence-corrected chi connectivity index (χ4v) is 3.33. The first-order valence-corrected chi connectivity index (χ1v) is 9.01.